The van der Waals surface area contributed by atoms with Crippen molar-refractivity contribution in [1.82, 2.24) is 0 Å². The molecule has 4 rings (SSSR count). The van der Waals surface area contributed by atoms with Crippen LogP contribution < -0.4 is 0 Å². The number of allylic oxidation sites excluding steroid dienone is 4. The molecule has 0 aliphatic heterocycles. The molecule has 16 heavy (non-hydrogen) atoms. The van der Waals surface area contributed by atoms with Gasteiger partial charge in [0, 0.05) is 0 Å². The summed E-state index contributed by atoms with van der Waals surface area (Å²) < 4.78 is 15.2. The highest BCUT2D eigenvalue weighted by Gasteiger charge is 2.52. The minimum atomic E-state index is -1.40. The van der Waals surface area contributed by atoms with Crippen LogP contribution >= 0.6 is 0 Å². The molecule has 2 heteroatoms. The summed E-state index contributed by atoms with van der Waals surface area (Å²) in [5.74, 6) is -0.110. The van der Waals surface area contributed by atoms with Crippen molar-refractivity contribution in [3.63, 3.8) is 0 Å². The SMILES string of the molecule is N#C[C@H]1CC2C=C3CCCCCC(=C2)C31F. The number of nitriles is 1. The number of alkyl halides is 1. The maximum absolute atomic E-state index is 15.2. The molecule has 0 radical (unpaired) electrons. The molecule has 0 saturated heterocycles. The molecule has 0 aromatic heterocycles. The zero-order valence-electron chi connectivity index (χ0n) is 9.38. The predicted octanol–water partition coefficient (Wildman–Crippen LogP) is 3.68. The van der Waals surface area contributed by atoms with E-state index in [9.17, 15) is 0 Å². The third-order valence-corrected chi connectivity index (χ3v) is 4.30. The summed E-state index contributed by atoms with van der Waals surface area (Å²) in [5.41, 5.74) is 0.421. The summed E-state index contributed by atoms with van der Waals surface area (Å²) in [4.78, 5) is 0. The van der Waals surface area contributed by atoms with Gasteiger partial charge in [-0.25, -0.2) is 4.39 Å². The number of nitrogens with zero attached hydrogens (tertiary/aromatic N) is 1. The highest BCUT2D eigenvalue weighted by atomic mass is 19.1. The average molecular weight is 217 g/mol. The van der Waals surface area contributed by atoms with Crippen LogP contribution in [0.25, 0.3) is 0 Å². The lowest BCUT2D eigenvalue weighted by Gasteiger charge is -2.45. The minimum absolute atomic E-state index is 0.324. The summed E-state index contributed by atoms with van der Waals surface area (Å²) in [6.45, 7) is 0. The quantitative estimate of drug-likeness (QED) is 0.568. The molecule has 0 N–H and O–H groups in total. The van der Waals surface area contributed by atoms with Gasteiger partial charge >= 0.3 is 0 Å². The van der Waals surface area contributed by atoms with E-state index in [0.717, 1.165) is 36.8 Å². The molecule has 0 heterocycles. The number of hydrogen-bond donors (Lipinski definition) is 0. The molecule has 84 valence electrons. The minimum Gasteiger partial charge on any atom is -0.233 e. The molecule has 4 aliphatic rings. The Labute approximate surface area is 95.6 Å². The van der Waals surface area contributed by atoms with E-state index in [4.69, 9.17) is 5.26 Å². The van der Waals surface area contributed by atoms with Gasteiger partial charge in [0.2, 0.25) is 0 Å². The molecule has 1 fully saturated rings. The second kappa shape index (κ2) is 3.45. The van der Waals surface area contributed by atoms with E-state index in [-0.39, 0.29) is 0 Å². The molecule has 1 atom stereocenters. The normalized spacial score (nSPS) is 41.5. The van der Waals surface area contributed by atoms with Crippen LogP contribution in [0.1, 0.15) is 38.5 Å². The number of hydrogen-bond acceptors (Lipinski definition) is 1. The van der Waals surface area contributed by atoms with E-state index in [2.05, 4.69) is 18.2 Å². The first kappa shape index (κ1) is 10.1. The fourth-order valence-electron chi connectivity index (χ4n) is 3.51. The summed E-state index contributed by atoms with van der Waals surface area (Å²) in [7, 11) is 0. The third-order valence-electron chi connectivity index (χ3n) is 4.30. The Balaban J connectivity index is 2.08. The van der Waals surface area contributed by atoms with Crippen molar-refractivity contribution in [1.29, 1.82) is 5.26 Å². The van der Waals surface area contributed by atoms with Crippen molar-refractivity contribution in [2.24, 2.45) is 11.8 Å². The fourth-order valence-corrected chi connectivity index (χ4v) is 3.51. The second-order valence-electron chi connectivity index (χ2n) is 5.24. The largest absolute Gasteiger partial charge is 0.233 e. The van der Waals surface area contributed by atoms with Gasteiger partial charge in [0.25, 0.3) is 0 Å². The predicted molar refractivity (Wildman–Crippen MR) is 60.3 cm³/mol. The van der Waals surface area contributed by atoms with Crippen LogP contribution in [0.15, 0.2) is 23.3 Å². The van der Waals surface area contributed by atoms with Gasteiger partial charge in [0.1, 0.15) is 0 Å². The lowest BCUT2D eigenvalue weighted by atomic mass is 9.61. The molecule has 0 unspecified atom stereocenters. The Morgan fingerprint density at radius 1 is 1.19 bits per heavy atom. The van der Waals surface area contributed by atoms with E-state index < -0.39 is 11.6 Å². The van der Waals surface area contributed by atoms with Gasteiger partial charge in [-0.3, -0.25) is 0 Å². The number of fused-ring (bicyclic) bond motifs is 1. The highest BCUT2D eigenvalue weighted by Crippen LogP contribution is 2.53. The van der Waals surface area contributed by atoms with E-state index in [1.165, 1.54) is 6.42 Å². The maximum atomic E-state index is 15.2. The zero-order valence-corrected chi connectivity index (χ0v) is 9.38. The van der Waals surface area contributed by atoms with Crippen LogP contribution in [0, 0.1) is 23.2 Å². The first-order valence-corrected chi connectivity index (χ1v) is 6.26. The molecule has 0 spiro atoms. The van der Waals surface area contributed by atoms with Crippen molar-refractivity contribution in [3.05, 3.63) is 23.3 Å². The Hall–Kier alpha value is -1.10. The number of rotatable bonds is 0. The lowest BCUT2D eigenvalue weighted by Crippen LogP contribution is -2.45. The third kappa shape index (κ3) is 1.21. The first-order chi connectivity index (χ1) is 7.75. The second-order valence-corrected chi connectivity index (χ2v) is 5.24. The highest BCUT2D eigenvalue weighted by molar-refractivity contribution is 5.45. The summed E-state index contributed by atoms with van der Waals surface area (Å²) in [6.07, 6.45) is 9.90. The molecule has 4 bridgehead atoms. The smallest absolute Gasteiger partial charge is 0.168 e. The van der Waals surface area contributed by atoms with Crippen molar-refractivity contribution >= 4 is 0 Å². The van der Waals surface area contributed by atoms with Gasteiger partial charge in [-0.05, 0) is 49.2 Å². The van der Waals surface area contributed by atoms with Gasteiger partial charge in [-0.15, -0.1) is 0 Å². The van der Waals surface area contributed by atoms with Gasteiger partial charge in [-0.2, -0.15) is 5.26 Å². The van der Waals surface area contributed by atoms with Crippen molar-refractivity contribution in [3.8, 4) is 6.07 Å². The van der Waals surface area contributed by atoms with E-state index in [0.29, 0.717) is 12.3 Å². The first-order valence-electron chi connectivity index (χ1n) is 6.26. The summed E-state index contributed by atoms with van der Waals surface area (Å²) in [6, 6.07) is 2.20. The van der Waals surface area contributed by atoms with Crippen LogP contribution in [0.5, 0.6) is 0 Å². The van der Waals surface area contributed by atoms with E-state index >= 15 is 4.39 Å². The summed E-state index contributed by atoms with van der Waals surface area (Å²) >= 11 is 0. The van der Waals surface area contributed by atoms with Gasteiger partial charge in [-0.1, -0.05) is 18.6 Å². The average Bonchev–Trinajstić information content (AvgIpc) is 2.29. The van der Waals surface area contributed by atoms with E-state index in [1.54, 1.807) is 0 Å². The van der Waals surface area contributed by atoms with Crippen LogP contribution in [0.3, 0.4) is 0 Å². The van der Waals surface area contributed by atoms with Crippen molar-refractivity contribution in [2.75, 3.05) is 0 Å². The Morgan fingerprint density at radius 3 is 2.38 bits per heavy atom. The van der Waals surface area contributed by atoms with E-state index in [1.807, 2.05) is 0 Å². The number of halogens is 1. The fraction of sp³-hybridized carbons (Fsp3) is 0.643. The van der Waals surface area contributed by atoms with Gasteiger partial charge in [0.15, 0.2) is 5.67 Å². The Morgan fingerprint density at radius 2 is 1.81 bits per heavy atom. The van der Waals surface area contributed by atoms with Gasteiger partial charge < -0.3 is 0 Å². The molecule has 4 aliphatic carbocycles. The van der Waals surface area contributed by atoms with Crippen LogP contribution in [0.2, 0.25) is 0 Å². The molecule has 0 amide bonds. The molecular formula is C14H16FN. The Kier molecular flexibility index (Phi) is 2.17. The zero-order chi connectivity index (χ0) is 11.2. The standard InChI is InChI=1S/C14H16FN/c15-14-11-4-2-1-3-5-12(14)7-10(6-11)8-13(14)9-16/h6-7,10,13H,1-5,8H2/t10?,13-,14?/m1/s1. The molecule has 1 nitrogen and oxygen atoms in total. The summed E-state index contributed by atoms with van der Waals surface area (Å²) in [5, 5.41) is 9.15. The molecule has 1 saturated carbocycles. The Bertz CT molecular complexity index is 389. The van der Waals surface area contributed by atoms with Crippen molar-refractivity contribution in [2.45, 2.75) is 44.2 Å². The van der Waals surface area contributed by atoms with Crippen LogP contribution in [-0.4, -0.2) is 5.67 Å². The van der Waals surface area contributed by atoms with Crippen LogP contribution in [0.4, 0.5) is 4.39 Å². The van der Waals surface area contributed by atoms with Gasteiger partial charge in [0.05, 0.1) is 12.0 Å². The molecule has 0 aromatic rings. The maximum Gasteiger partial charge on any atom is 0.168 e. The lowest BCUT2D eigenvalue weighted by molar-refractivity contribution is 0.144. The topological polar surface area (TPSA) is 23.8 Å². The molecular weight excluding hydrogens is 201 g/mol. The monoisotopic (exact) mass is 217 g/mol. The molecule has 0 aromatic carbocycles. The van der Waals surface area contributed by atoms with Crippen molar-refractivity contribution < 1.29 is 4.39 Å². The van der Waals surface area contributed by atoms with Crippen LogP contribution in [-0.2, 0) is 0 Å².